The number of aliphatic imine (C=N–C) groups is 1. The highest BCUT2D eigenvalue weighted by Gasteiger charge is 2.67. The lowest BCUT2D eigenvalue weighted by Crippen LogP contribution is -2.28. The minimum Gasteiger partial charge on any atom is -0.350 e. The number of nitrogens with one attached hydrogen (secondary N) is 1. The molecule has 0 amide bonds. The van der Waals surface area contributed by atoms with Crippen LogP contribution in [0.15, 0.2) is 41.9 Å². The van der Waals surface area contributed by atoms with Crippen molar-refractivity contribution in [2.24, 2.45) is 22.7 Å². The van der Waals surface area contributed by atoms with Crippen LogP contribution in [0, 0.1) is 29.1 Å². The molecule has 2 saturated carbocycles. The topological polar surface area (TPSA) is 66.0 Å². The normalized spacial score (nSPS) is 33.3. The van der Waals surface area contributed by atoms with Crippen LogP contribution in [-0.2, 0) is 5.41 Å². The van der Waals surface area contributed by atoms with E-state index in [4.69, 9.17) is 10.4 Å². The highest BCUT2D eigenvalue weighted by atomic mass is 15.3. The fourth-order valence-electron chi connectivity index (χ4n) is 5.35. The number of aromatic nitrogens is 2. The van der Waals surface area contributed by atoms with Crippen LogP contribution in [0.5, 0.6) is 0 Å². The maximum Gasteiger partial charge on any atom is 0.110 e. The molecular formula is C20H23N5. The van der Waals surface area contributed by atoms with E-state index in [-0.39, 0.29) is 5.41 Å². The Bertz CT molecular complexity index is 804. The van der Waals surface area contributed by atoms with Gasteiger partial charge in [-0.3, -0.25) is 4.68 Å². The Balaban J connectivity index is 1.46. The van der Waals surface area contributed by atoms with Crippen LogP contribution in [0.4, 0.5) is 0 Å². The first-order chi connectivity index (χ1) is 12.3. The van der Waals surface area contributed by atoms with E-state index in [2.05, 4.69) is 39.4 Å². The van der Waals surface area contributed by atoms with Crippen LogP contribution in [0.1, 0.15) is 50.1 Å². The number of amidine groups is 1. The first-order valence-electron chi connectivity index (χ1n) is 9.45. The van der Waals surface area contributed by atoms with Crippen molar-refractivity contribution >= 4 is 5.84 Å². The van der Waals surface area contributed by atoms with Crippen molar-refractivity contribution in [1.29, 1.82) is 5.26 Å². The predicted octanol–water partition coefficient (Wildman–Crippen LogP) is 3.44. The zero-order valence-corrected chi connectivity index (χ0v) is 14.3. The lowest BCUT2D eigenvalue weighted by atomic mass is 9.92. The zero-order chi connectivity index (χ0) is 16.9. The van der Waals surface area contributed by atoms with Crippen molar-refractivity contribution in [3.8, 4) is 6.07 Å². The van der Waals surface area contributed by atoms with E-state index in [1.165, 1.54) is 31.2 Å². The average Bonchev–Trinajstić information content (AvgIpc) is 3.07. The first-order valence-corrected chi connectivity index (χ1v) is 9.45. The molecule has 2 fully saturated rings. The van der Waals surface area contributed by atoms with Gasteiger partial charge in [0.25, 0.3) is 0 Å². The number of hydrogen-bond acceptors (Lipinski definition) is 4. The molecule has 25 heavy (non-hydrogen) atoms. The Morgan fingerprint density at radius 3 is 3.12 bits per heavy atom. The highest BCUT2D eigenvalue weighted by Crippen LogP contribution is 2.64. The van der Waals surface area contributed by atoms with Gasteiger partial charge in [-0.2, -0.15) is 10.4 Å². The molecular weight excluding hydrogens is 310 g/mol. The van der Waals surface area contributed by atoms with Gasteiger partial charge in [0, 0.05) is 41.6 Å². The third kappa shape index (κ3) is 2.13. The molecule has 3 heterocycles. The molecule has 2 aliphatic carbocycles. The first kappa shape index (κ1) is 14.9. The van der Waals surface area contributed by atoms with Crippen LogP contribution < -0.4 is 5.32 Å². The molecule has 0 bridgehead atoms. The van der Waals surface area contributed by atoms with E-state index >= 15 is 0 Å². The monoisotopic (exact) mass is 333 g/mol. The van der Waals surface area contributed by atoms with Crippen LogP contribution >= 0.6 is 0 Å². The highest BCUT2D eigenvalue weighted by molar-refractivity contribution is 5.95. The number of allylic oxidation sites excluding steroid dienone is 2. The summed E-state index contributed by atoms with van der Waals surface area (Å²) in [6, 6.07) is 2.69. The summed E-state index contributed by atoms with van der Waals surface area (Å²) in [5.41, 5.74) is 1.32. The van der Waals surface area contributed by atoms with E-state index in [0.29, 0.717) is 30.2 Å². The van der Waals surface area contributed by atoms with E-state index < -0.39 is 0 Å². The van der Waals surface area contributed by atoms with E-state index in [0.717, 1.165) is 12.3 Å². The summed E-state index contributed by atoms with van der Waals surface area (Å²) < 4.78 is 2.16. The van der Waals surface area contributed by atoms with Crippen molar-refractivity contribution in [2.45, 2.75) is 50.0 Å². The Kier molecular flexibility index (Phi) is 3.34. The van der Waals surface area contributed by atoms with Gasteiger partial charge < -0.3 is 5.32 Å². The number of rotatable bonds is 5. The van der Waals surface area contributed by atoms with Gasteiger partial charge >= 0.3 is 0 Å². The zero-order valence-electron chi connectivity index (χ0n) is 14.3. The Morgan fingerprint density at radius 2 is 2.28 bits per heavy atom. The minimum atomic E-state index is 0.0325. The number of nitriles is 1. The lowest BCUT2D eigenvalue weighted by molar-refractivity contribution is 0.294. The van der Waals surface area contributed by atoms with Gasteiger partial charge in [0.05, 0.1) is 18.3 Å². The second kappa shape index (κ2) is 5.59. The Hall–Kier alpha value is -2.35. The lowest BCUT2D eigenvalue weighted by Gasteiger charge is -2.23. The molecule has 4 aliphatic rings. The van der Waals surface area contributed by atoms with E-state index in [1.807, 2.05) is 18.6 Å². The second-order valence-corrected chi connectivity index (χ2v) is 7.79. The molecule has 5 nitrogen and oxygen atoms in total. The van der Waals surface area contributed by atoms with Gasteiger partial charge in [-0.1, -0.05) is 25.0 Å². The van der Waals surface area contributed by atoms with Gasteiger partial charge in [0.15, 0.2) is 0 Å². The summed E-state index contributed by atoms with van der Waals surface area (Å²) >= 11 is 0. The largest absolute Gasteiger partial charge is 0.350 e. The van der Waals surface area contributed by atoms with Crippen LogP contribution in [0.3, 0.4) is 0 Å². The van der Waals surface area contributed by atoms with Gasteiger partial charge in [-0.25, -0.2) is 4.99 Å². The fourth-order valence-corrected chi connectivity index (χ4v) is 5.35. The Labute approximate surface area is 148 Å². The maximum atomic E-state index is 9.05. The quantitative estimate of drug-likeness (QED) is 0.897. The molecule has 1 aromatic rings. The summed E-state index contributed by atoms with van der Waals surface area (Å²) in [5.74, 6) is 2.68. The fraction of sp³-hybridized carbons (Fsp3) is 0.550. The van der Waals surface area contributed by atoms with Crippen LogP contribution in [0.25, 0.3) is 0 Å². The van der Waals surface area contributed by atoms with Crippen LogP contribution in [0.2, 0.25) is 0 Å². The molecule has 0 aromatic carbocycles. The summed E-state index contributed by atoms with van der Waals surface area (Å²) in [6.07, 6.45) is 19.5. The van der Waals surface area contributed by atoms with Crippen molar-refractivity contribution in [1.82, 2.24) is 15.1 Å². The minimum absolute atomic E-state index is 0.0325. The van der Waals surface area contributed by atoms with Crippen molar-refractivity contribution < 1.29 is 0 Å². The van der Waals surface area contributed by atoms with Gasteiger partial charge in [-0.05, 0) is 31.4 Å². The molecule has 128 valence electrons. The van der Waals surface area contributed by atoms with E-state index in [1.54, 1.807) is 0 Å². The molecule has 0 radical (unpaired) electrons. The molecule has 1 aromatic heterocycles. The molecule has 1 N–H and O–H groups in total. The third-order valence-electron chi connectivity index (χ3n) is 6.65. The summed E-state index contributed by atoms with van der Waals surface area (Å²) in [4.78, 5) is 4.50. The SMILES string of the molecule is N#CCCC(C1CCCC1)n1cc(C23C=CNC4=NC=CC2C43)cn1. The van der Waals surface area contributed by atoms with Gasteiger partial charge in [0.1, 0.15) is 5.84 Å². The van der Waals surface area contributed by atoms with Gasteiger partial charge in [0.2, 0.25) is 0 Å². The maximum absolute atomic E-state index is 9.05. The van der Waals surface area contributed by atoms with Crippen LogP contribution in [-0.4, -0.2) is 15.6 Å². The summed E-state index contributed by atoms with van der Waals surface area (Å²) in [7, 11) is 0. The molecule has 4 atom stereocenters. The number of fused-ring (bicyclic) bond motifs is 1. The molecule has 2 aliphatic heterocycles. The summed E-state index contributed by atoms with van der Waals surface area (Å²) in [5, 5.41) is 17.1. The molecule has 5 rings (SSSR count). The van der Waals surface area contributed by atoms with Crippen molar-refractivity contribution in [3.05, 3.63) is 42.5 Å². The predicted molar refractivity (Wildman–Crippen MR) is 95.6 cm³/mol. The standard InChI is InChI=1S/C20H23N5/c21-9-3-6-17(14-4-1-2-5-14)25-13-15(12-24-25)20-8-11-23-19-18(20)16(20)7-10-22-19/h7-8,10-14,16-18H,1-6H2,(H,22,23). The van der Waals surface area contributed by atoms with Gasteiger partial charge in [-0.15, -0.1) is 0 Å². The molecule has 4 unspecified atom stereocenters. The van der Waals surface area contributed by atoms with Crippen molar-refractivity contribution in [3.63, 3.8) is 0 Å². The average molecular weight is 333 g/mol. The third-order valence-corrected chi connectivity index (χ3v) is 6.65. The molecule has 0 saturated heterocycles. The number of nitrogens with zero attached hydrogens (tertiary/aromatic N) is 4. The number of hydrogen-bond donors (Lipinski definition) is 1. The smallest absolute Gasteiger partial charge is 0.110 e. The molecule has 5 heteroatoms. The Morgan fingerprint density at radius 1 is 1.40 bits per heavy atom. The molecule has 0 spiro atoms. The summed E-state index contributed by atoms with van der Waals surface area (Å²) in [6.45, 7) is 0. The van der Waals surface area contributed by atoms with Crippen molar-refractivity contribution in [2.75, 3.05) is 0 Å². The van der Waals surface area contributed by atoms with E-state index in [9.17, 15) is 0 Å². The second-order valence-electron chi connectivity index (χ2n) is 7.79.